The molecule has 3 aromatic rings. The number of hydrogen-bond acceptors (Lipinski definition) is 3. The summed E-state index contributed by atoms with van der Waals surface area (Å²) in [5, 5.41) is 3.41. The van der Waals surface area contributed by atoms with Crippen molar-refractivity contribution in [2.45, 2.75) is 33.7 Å². The molecule has 0 amide bonds. The van der Waals surface area contributed by atoms with Gasteiger partial charge < -0.3 is 14.8 Å². The third-order valence-electron chi connectivity index (χ3n) is 5.58. The zero-order chi connectivity index (χ0) is 19.0. The van der Waals surface area contributed by atoms with Crippen LogP contribution in [0, 0.1) is 19.7 Å². The highest BCUT2D eigenvalue weighted by Crippen LogP contribution is 2.27. The van der Waals surface area contributed by atoms with Gasteiger partial charge >= 0.3 is 0 Å². The first kappa shape index (κ1) is 18.0. The molecule has 1 aliphatic heterocycles. The first-order valence-corrected chi connectivity index (χ1v) is 9.77. The fraction of sp³-hybridized carbons (Fsp3) is 0.409. The van der Waals surface area contributed by atoms with Crippen molar-refractivity contribution in [1.82, 2.24) is 14.9 Å². The molecule has 0 bridgehead atoms. The molecular weight excluding hydrogens is 339 g/mol. The predicted octanol–water partition coefficient (Wildman–Crippen LogP) is 3.81. The number of imidazole rings is 1. The van der Waals surface area contributed by atoms with E-state index in [4.69, 9.17) is 4.98 Å². The number of rotatable bonds is 4. The summed E-state index contributed by atoms with van der Waals surface area (Å²) in [6.45, 7) is 10.8. The van der Waals surface area contributed by atoms with Gasteiger partial charge in [-0.25, -0.2) is 9.37 Å². The maximum atomic E-state index is 13.9. The summed E-state index contributed by atoms with van der Waals surface area (Å²) >= 11 is 0. The summed E-state index contributed by atoms with van der Waals surface area (Å²) in [5.41, 5.74) is 6.59. The summed E-state index contributed by atoms with van der Waals surface area (Å²) in [4.78, 5) is 7.33. The molecule has 0 saturated carbocycles. The quantitative estimate of drug-likeness (QED) is 0.762. The molecule has 2 heterocycles. The van der Waals surface area contributed by atoms with Gasteiger partial charge in [-0.3, -0.25) is 0 Å². The lowest BCUT2D eigenvalue weighted by molar-refractivity contribution is 0.571. The van der Waals surface area contributed by atoms with Crippen molar-refractivity contribution in [2.24, 2.45) is 0 Å². The van der Waals surface area contributed by atoms with Crippen molar-refractivity contribution in [3.63, 3.8) is 0 Å². The summed E-state index contributed by atoms with van der Waals surface area (Å²) in [5.74, 6) is 0.893. The van der Waals surface area contributed by atoms with Crippen molar-refractivity contribution in [1.29, 1.82) is 0 Å². The van der Waals surface area contributed by atoms with Crippen LogP contribution in [0.15, 0.2) is 30.3 Å². The molecule has 0 unspecified atom stereocenters. The van der Waals surface area contributed by atoms with Crippen LogP contribution in [0.1, 0.15) is 29.2 Å². The molecule has 142 valence electrons. The molecule has 1 fully saturated rings. The molecule has 2 aromatic carbocycles. The lowest BCUT2D eigenvalue weighted by Gasteiger charge is -2.29. The Labute approximate surface area is 160 Å². The van der Waals surface area contributed by atoms with Gasteiger partial charge in [0.2, 0.25) is 5.95 Å². The normalized spacial score (nSPS) is 14.9. The number of hydrogen-bond donors (Lipinski definition) is 1. The van der Waals surface area contributed by atoms with E-state index in [1.165, 1.54) is 11.1 Å². The molecule has 0 spiro atoms. The topological polar surface area (TPSA) is 33.1 Å². The maximum Gasteiger partial charge on any atom is 0.206 e. The van der Waals surface area contributed by atoms with E-state index in [2.05, 4.69) is 40.8 Å². The number of halogens is 1. The van der Waals surface area contributed by atoms with Crippen molar-refractivity contribution in [3.8, 4) is 0 Å². The number of nitrogens with one attached hydrogen (secondary N) is 1. The molecule has 1 N–H and O–H groups in total. The Morgan fingerprint density at radius 3 is 2.56 bits per heavy atom. The van der Waals surface area contributed by atoms with E-state index in [1.54, 1.807) is 6.07 Å². The molecule has 5 heteroatoms. The van der Waals surface area contributed by atoms with Gasteiger partial charge in [-0.05, 0) is 60.7 Å². The molecule has 1 aromatic heterocycles. The van der Waals surface area contributed by atoms with E-state index in [0.717, 1.165) is 54.3 Å². The number of aromatic nitrogens is 2. The average Bonchev–Trinajstić information content (AvgIpc) is 3.01. The minimum Gasteiger partial charge on any atom is -0.340 e. The summed E-state index contributed by atoms with van der Waals surface area (Å²) in [7, 11) is 0. The lowest BCUT2D eigenvalue weighted by Crippen LogP contribution is -2.44. The Balaban J connectivity index is 1.82. The first-order valence-electron chi connectivity index (χ1n) is 9.77. The summed E-state index contributed by atoms with van der Waals surface area (Å²) < 4.78 is 16.2. The van der Waals surface area contributed by atoms with E-state index < -0.39 is 0 Å². The van der Waals surface area contributed by atoms with Gasteiger partial charge in [0.05, 0.1) is 17.6 Å². The fourth-order valence-electron chi connectivity index (χ4n) is 3.81. The van der Waals surface area contributed by atoms with Gasteiger partial charge in [0, 0.05) is 26.2 Å². The molecule has 0 atom stereocenters. The van der Waals surface area contributed by atoms with Crippen LogP contribution >= 0.6 is 0 Å². The van der Waals surface area contributed by atoms with E-state index in [-0.39, 0.29) is 5.82 Å². The highest BCUT2D eigenvalue weighted by Gasteiger charge is 2.20. The molecule has 1 saturated heterocycles. The van der Waals surface area contributed by atoms with Gasteiger partial charge in [-0.15, -0.1) is 0 Å². The van der Waals surface area contributed by atoms with Gasteiger partial charge in [0.25, 0.3) is 0 Å². The number of nitrogens with zero attached hydrogens (tertiary/aromatic N) is 3. The minimum absolute atomic E-state index is 0.120. The lowest BCUT2D eigenvalue weighted by atomic mass is 10.1. The Morgan fingerprint density at radius 2 is 1.81 bits per heavy atom. The molecule has 27 heavy (non-hydrogen) atoms. The third-order valence-corrected chi connectivity index (χ3v) is 5.58. The first-order chi connectivity index (χ1) is 13.1. The van der Waals surface area contributed by atoms with Gasteiger partial charge in [-0.2, -0.15) is 0 Å². The van der Waals surface area contributed by atoms with Crippen LogP contribution in [-0.2, 0) is 13.0 Å². The maximum absolute atomic E-state index is 13.9. The fourth-order valence-corrected chi connectivity index (χ4v) is 3.81. The van der Waals surface area contributed by atoms with Crippen molar-refractivity contribution < 1.29 is 4.39 Å². The zero-order valence-electron chi connectivity index (χ0n) is 16.3. The molecule has 4 nitrogen and oxygen atoms in total. The standard InChI is InChI=1S/C22H27FN4/c1-4-18-13-17(5-6-19(18)23)14-27-21-12-16(3)15(2)11-20(21)25-22(27)26-9-7-24-8-10-26/h5-6,11-13,24H,4,7-10,14H2,1-3H3. The molecule has 4 rings (SSSR count). The molecule has 1 aliphatic rings. The van der Waals surface area contributed by atoms with Crippen LogP contribution in [-0.4, -0.2) is 35.7 Å². The Bertz CT molecular complexity index is 970. The second-order valence-electron chi connectivity index (χ2n) is 7.44. The molecule has 0 aliphatic carbocycles. The van der Waals surface area contributed by atoms with E-state index in [9.17, 15) is 4.39 Å². The molecule has 0 radical (unpaired) electrons. The van der Waals surface area contributed by atoms with Crippen LogP contribution in [0.3, 0.4) is 0 Å². The number of piperazine rings is 1. The Morgan fingerprint density at radius 1 is 1.07 bits per heavy atom. The Hall–Kier alpha value is -2.40. The van der Waals surface area contributed by atoms with Crippen molar-refractivity contribution in [2.75, 3.05) is 31.1 Å². The van der Waals surface area contributed by atoms with Crippen LogP contribution in [0.2, 0.25) is 0 Å². The zero-order valence-corrected chi connectivity index (χ0v) is 16.3. The SMILES string of the molecule is CCc1cc(Cn2c(N3CCNCC3)nc3cc(C)c(C)cc32)ccc1F. The number of fused-ring (bicyclic) bond motifs is 1. The number of anilines is 1. The largest absolute Gasteiger partial charge is 0.340 e. The van der Waals surface area contributed by atoms with E-state index in [0.29, 0.717) is 13.0 Å². The van der Waals surface area contributed by atoms with Gasteiger partial charge in [-0.1, -0.05) is 19.1 Å². The Kier molecular flexibility index (Phi) is 4.87. The summed E-state index contributed by atoms with van der Waals surface area (Å²) in [6, 6.07) is 9.88. The average molecular weight is 366 g/mol. The summed E-state index contributed by atoms with van der Waals surface area (Å²) in [6.07, 6.45) is 0.702. The van der Waals surface area contributed by atoms with E-state index in [1.807, 2.05) is 19.1 Å². The highest BCUT2D eigenvalue weighted by atomic mass is 19.1. The second kappa shape index (κ2) is 7.31. The van der Waals surface area contributed by atoms with Crippen LogP contribution in [0.25, 0.3) is 11.0 Å². The second-order valence-corrected chi connectivity index (χ2v) is 7.44. The van der Waals surface area contributed by atoms with Gasteiger partial charge in [0.1, 0.15) is 5.82 Å². The third kappa shape index (κ3) is 3.44. The van der Waals surface area contributed by atoms with Crippen molar-refractivity contribution >= 4 is 17.0 Å². The number of aryl methyl sites for hydroxylation is 3. The van der Waals surface area contributed by atoms with Crippen LogP contribution in [0.5, 0.6) is 0 Å². The molecular formula is C22H27FN4. The van der Waals surface area contributed by atoms with Crippen molar-refractivity contribution in [3.05, 3.63) is 58.4 Å². The predicted molar refractivity (Wildman–Crippen MR) is 109 cm³/mol. The minimum atomic E-state index is -0.120. The number of benzene rings is 2. The highest BCUT2D eigenvalue weighted by molar-refractivity contribution is 5.81. The smallest absolute Gasteiger partial charge is 0.206 e. The van der Waals surface area contributed by atoms with E-state index >= 15 is 0 Å². The van der Waals surface area contributed by atoms with Crippen LogP contribution < -0.4 is 10.2 Å². The van der Waals surface area contributed by atoms with Gasteiger partial charge in [0.15, 0.2) is 0 Å². The monoisotopic (exact) mass is 366 g/mol. The van der Waals surface area contributed by atoms with Crippen LogP contribution in [0.4, 0.5) is 10.3 Å².